The maximum absolute atomic E-state index is 2.39. The lowest BCUT2D eigenvalue weighted by atomic mass is 10.1. The average Bonchev–Trinajstić information content (AvgIpc) is 2.41. The molecule has 0 spiro atoms. The molecule has 1 heteroatoms. The van der Waals surface area contributed by atoms with Gasteiger partial charge >= 0.3 is 0 Å². The average molecular weight is 205 g/mol. The summed E-state index contributed by atoms with van der Waals surface area (Å²) in [5.41, 5.74) is 4.44. The van der Waals surface area contributed by atoms with Gasteiger partial charge in [0.25, 0.3) is 0 Å². The third-order valence-electron chi connectivity index (χ3n) is 2.78. The van der Waals surface area contributed by atoms with Crippen LogP contribution < -0.4 is 5.30 Å². The molecule has 1 aliphatic rings. The molecule has 2 rings (SSSR count). The van der Waals surface area contributed by atoms with Gasteiger partial charge in [-0.05, 0) is 36.6 Å². The Hall–Kier alpha value is -0.610. The van der Waals surface area contributed by atoms with Gasteiger partial charge in [0.2, 0.25) is 0 Å². The molecule has 0 atom stereocenters. The minimum Gasteiger partial charge on any atom is -0.0683 e. The van der Waals surface area contributed by atoms with E-state index in [1.54, 1.807) is 5.30 Å². The highest BCUT2D eigenvalue weighted by Crippen LogP contribution is 2.45. The molecule has 74 valence electrons. The predicted octanol–water partition coefficient (Wildman–Crippen LogP) is 3.18. The maximum Gasteiger partial charge on any atom is 0.0936 e. The molecule has 0 fully saturated rings. The van der Waals surface area contributed by atoms with E-state index in [0.29, 0.717) is 0 Å². The summed E-state index contributed by atoms with van der Waals surface area (Å²) in [6, 6.07) is 7.02. The summed E-state index contributed by atoms with van der Waals surface area (Å²) >= 11 is 0. The van der Waals surface area contributed by atoms with E-state index >= 15 is 0 Å². The minimum atomic E-state index is -0.849. The molecule has 1 aliphatic carbocycles. The number of hydrogen-bond donors (Lipinski definition) is 0. The normalized spacial score (nSPS) is 15.3. The van der Waals surface area contributed by atoms with Crippen molar-refractivity contribution in [2.24, 2.45) is 0 Å². The summed E-state index contributed by atoms with van der Waals surface area (Å²) in [6.07, 6.45) is 3.48. The van der Waals surface area contributed by atoms with E-state index in [2.05, 4.69) is 51.2 Å². The topological polar surface area (TPSA) is 0 Å². The van der Waals surface area contributed by atoms with Gasteiger partial charge in [0, 0.05) is 7.26 Å². The predicted molar refractivity (Wildman–Crippen MR) is 68.1 cm³/mol. The van der Waals surface area contributed by atoms with E-state index < -0.39 is 7.26 Å². The molecule has 0 amide bonds. The first-order valence-corrected chi connectivity index (χ1v) is 8.22. The van der Waals surface area contributed by atoms with Crippen molar-refractivity contribution >= 4 is 18.6 Å². The Morgan fingerprint density at radius 1 is 1.14 bits per heavy atom. The van der Waals surface area contributed by atoms with Gasteiger partial charge in [-0.1, -0.05) is 17.7 Å². The molecule has 0 heterocycles. The van der Waals surface area contributed by atoms with E-state index in [0.717, 1.165) is 6.42 Å². The fourth-order valence-corrected chi connectivity index (χ4v) is 2.96. The zero-order chi connectivity index (χ0) is 10.3. The van der Waals surface area contributed by atoms with Crippen LogP contribution >= 0.6 is 7.26 Å². The molecule has 14 heavy (non-hydrogen) atoms. The Morgan fingerprint density at radius 2 is 1.86 bits per heavy atom. The third kappa shape index (κ3) is 1.77. The lowest BCUT2D eigenvalue weighted by Gasteiger charge is -2.12. The van der Waals surface area contributed by atoms with Crippen molar-refractivity contribution in [3.63, 3.8) is 0 Å². The van der Waals surface area contributed by atoms with Crippen molar-refractivity contribution in [3.05, 3.63) is 34.9 Å². The number of fused-ring (bicyclic) bond motifs is 1. The Labute approximate surface area is 87.4 Å². The molecule has 1 aromatic carbocycles. The highest BCUT2D eigenvalue weighted by atomic mass is 31.2. The van der Waals surface area contributed by atoms with Crippen LogP contribution in [0.4, 0.5) is 0 Å². The first-order chi connectivity index (χ1) is 6.47. The monoisotopic (exact) mass is 205 g/mol. The van der Waals surface area contributed by atoms with Crippen molar-refractivity contribution < 1.29 is 0 Å². The van der Waals surface area contributed by atoms with Crippen molar-refractivity contribution in [3.8, 4) is 0 Å². The molecule has 0 nitrogen and oxygen atoms in total. The molecule has 0 aliphatic heterocycles. The van der Waals surface area contributed by atoms with Gasteiger partial charge in [-0.3, -0.25) is 0 Å². The second kappa shape index (κ2) is 3.21. The van der Waals surface area contributed by atoms with E-state index in [4.69, 9.17) is 0 Å². The number of benzene rings is 1. The molecule has 0 saturated heterocycles. The summed E-state index contributed by atoms with van der Waals surface area (Å²) in [5.74, 6) is 0. The third-order valence-corrected chi connectivity index (χ3v) is 4.60. The molecular weight excluding hydrogens is 187 g/mol. The molecule has 1 aromatic rings. The summed E-state index contributed by atoms with van der Waals surface area (Å²) < 4.78 is 0. The van der Waals surface area contributed by atoms with Gasteiger partial charge in [0.05, 0.1) is 25.3 Å². The van der Waals surface area contributed by atoms with Crippen LogP contribution in [0.1, 0.15) is 18.1 Å². The largest absolute Gasteiger partial charge is 0.0936 e. The smallest absolute Gasteiger partial charge is 0.0683 e. The molecule has 0 bridgehead atoms. The fraction of sp³-hybridized carbons (Fsp3) is 0.385. The number of rotatable bonds is 1. The van der Waals surface area contributed by atoms with E-state index in [1.807, 2.05) is 0 Å². The standard InChI is InChI=1S/C13H18P/c1-10-7-11-5-6-13(14(2,3)4)9-12(11)8-10/h5-6,8-9H,7H2,1-4H3/q+1. The lowest BCUT2D eigenvalue weighted by Crippen LogP contribution is -2.08. The van der Waals surface area contributed by atoms with Gasteiger partial charge in [0.1, 0.15) is 0 Å². The van der Waals surface area contributed by atoms with E-state index in [1.165, 1.54) is 16.7 Å². The first kappa shape index (κ1) is 9.93. The number of allylic oxidation sites excluding steroid dienone is 1. The van der Waals surface area contributed by atoms with Crippen LogP contribution in [-0.2, 0) is 6.42 Å². The molecule has 0 unspecified atom stereocenters. The zero-order valence-corrected chi connectivity index (χ0v) is 10.4. The van der Waals surface area contributed by atoms with Crippen LogP contribution in [0.15, 0.2) is 23.8 Å². The highest BCUT2D eigenvalue weighted by molar-refractivity contribution is 7.80. The Bertz CT molecular complexity index is 394. The van der Waals surface area contributed by atoms with E-state index in [9.17, 15) is 0 Å². The van der Waals surface area contributed by atoms with Gasteiger partial charge in [-0.15, -0.1) is 0 Å². The molecule has 0 N–H and O–H groups in total. The van der Waals surface area contributed by atoms with E-state index in [-0.39, 0.29) is 0 Å². The van der Waals surface area contributed by atoms with Crippen LogP contribution in [0.3, 0.4) is 0 Å². The SMILES string of the molecule is CC1=Cc2cc([P+](C)(C)C)ccc2C1. The van der Waals surface area contributed by atoms with Crippen molar-refractivity contribution in [1.82, 2.24) is 0 Å². The van der Waals surface area contributed by atoms with Crippen LogP contribution in [0.2, 0.25) is 0 Å². The van der Waals surface area contributed by atoms with Crippen LogP contribution in [0, 0.1) is 0 Å². The van der Waals surface area contributed by atoms with Gasteiger partial charge < -0.3 is 0 Å². The van der Waals surface area contributed by atoms with Gasteiger partial charge in [-0.2, -0.15) is 0 Å². The first-order valence-electron chi connectivity index (χ1n) is 5.09. The van der Waals surface area contributed by atoms with Crippen molar-refractivity contribution in [2.45, 2.75) is 13.3 Å². The summed E-state index contributed by atoms with van der Waals surface area (Å²) in [6.45, 7) is 9.34. The lowest BCUT2D eigenvalue weighted by molar-refractivity contribution is 1.20. The van der Waals surface area contributed by atoms with Crippen molar-refractivity contribution in [2.75, 3.05) is 20.0 Å². The summed E-state index contributed by atoms with van der Waals surface area (Å²) in [7, 11) is -0.849. The maximum atomic E-state index is 2.39. The highest BCUT2D eigenvalue weighted by Gasteiger charge is 2.22. The number of hydrogen-bond acceptors (Lipinski definition) is 0. The summed E-state index contributed by atoms with van der Waals surface area (Å²) in [4.78, 5) is 0. The Balaban J connectivity index is 2.46. The Kier molecular flexibility index (Phi) is 2.27. The minimum absolute atomic E-state index is 0.849. The summed E-state index contributed by atoms with van der Waals surface area (Å²) in [5, 5.41) is 1.54. The van der Waals surface area contributed by atoms with Gasteiger partial charge in [-0.25, -0.2) is 0 Å². The van der Waals surface area contributed by atoms with Crippen LogP contribution in [0.5, 0.6) is 0 Å². The van der Waals surface area contributed by atoms with Crippen LogP contribution in [0.25, 0.3) is 6.08 Å². The quantitative estimate of drug-likeness (QED) is 0.618. The Morgan fingerprint density at radius 3 is 2.50 bits per heavy atom. The van der Waals surface area contributed by atoms with Crippen molar-refractivity contribution in [1.29, 1.82) is 0 Å². The van der Waals surface area contributed by atoms with Gasteiger partial charge in [0.15, 0.2) is 0 Å². The molecule has 0 aromatic heterocycles. The second-order valence-electron chi connectivity index (χ2n) is 5.06. The molecule has 0 radical (unpaired) electrons. The second-order valence-corrected chi connectivity index (χ2v) is 9.60. The fourth-order valence-electron chi connectivity index (χ4n) is 1.91. The molecular formula is C13H18P+. The zero-order valence-electron chi connectivity index (χ0n) is 9.46. The molecule has 0 saturated carbocycles. The van der Waals surface area contributed by atoms with Crippen LogP contribution in [-0.4, -0.2) is 20.0 Å².